The molecule has 1 aromatic heterocycles. The molecule has 0 aliphatic carbocycles. The van der Waals surface area contributed by atoms with Gasteiger partial charge in [0.05, 0.1) is 5.97 Å². The second-order valence-electron chi connectivity index (χ2n) is 4.95. The highest BCUT2D eigenvalue weighted by molar-refractivity contribution is 7.99. The molecule has 1 heterocycles. The molecule has 3 aromatic rings. The van der Waals surface area contributed by atoms with Gasteiger partial charge in [-0.2, -0.15) is 0 Å². The first-order chi connectivity index (χ1) is 11.2. The molecule has 0 unspecified atom stereocenters. The molecule has 0 fully saturated rings. The number of carbonyl (C=O) groups is 1. The van der Waals surface area contributed by atoms with Gasteiger partial charge in [0.2, 0.25) is 0 Å². The molecule has 3 rings (SSSR count). The summed E-state index contributed by atoms with van der Waals surface area (Å²) < 4.78 is 1.87. The highest BCUT2D eigenvalue weighted by Gasteiger charge is 2.17. The highest BCUT2D eigenvalue weighted by Crippen LogP contribution is 2.29. The van der Waals surface area contributed by atoms with Gasteiger partial charge < -0.3 is 9.90 Å². The predicted molar refractivity (Wildman–Crippen MR) is 87.3 cm³/mol. The molecule has 6 heteroatoms. The third-order valence-electron chi connectivity index (χ3n) is 3.35. The Bertz CT molecular complexity index is 831. The van der Waals surface area contributed by atoms with E-state index in [0.29, 0.717) is 11.0 Å². The summed E-state index contributed by atoms with van der Waals surface area (Å²) in [6.45, 7) is 2.01. The Kier molecular flexibility index (Phi) is 4.43. The van der Waals surface area contributed by atoms with Gasteiger partial charge in [0, 0.05) is 17.0 Å². The number of aryl methyl sites for hydroxylation is 1. The van der Waals surface area contributed by atoms with Crippen LogP contribution in [-0.4, -0.2) is 26.5 Å². The van der Waals surface area contributed by atoms with Crippen LogP contribution in [-0.2, 0) is 4.79 Å². The number of aliphatic carboxylic acids is 1. The van der Waals surface area contributed by atoms with E-state index in [1.165, 1.54) is 0 Å². The van der Waals surface area contributed by atoms with Crippen LogP contribution in [0.2, 0.25) is 0 Å². The van der Waals surface area contributed by atoms with E-state index in [-0.39, 0.29) is 5.75 Å². The van der Waals surface area contributed by atoms with Gasteiger partial charge in [-0.05, 0) is 24.6 Å². The summed E-state index contributed by atoms with van der Waals surface area (Å²) in [6.07, 6.45) is 0. The first-order valence-corrected chi connectivity index (χ1v) is 8.05. The number of carboxylic acid groups (broad SMARTS) is 1. The lowest BCUT2D eigenvalue weighted by molar-refractivity contribution is -0.301. The SMILES string of the molecule is Cc1ccccc1-c1nnc(SCC(=O)[O-])n1-c1ccccc1. The molecule has 0 aliphatic rings. The number of carboxylic acids is 1. The maximum Gasteiger partial charge on any atom is 0.196 e. The fourth-order valence-corrected chi connectivity index (χ4v) is 2.96. The van der Waals surface area contributed by atoms with Crippen molar-refractivity contribution < 1.29 is 9.90 Å². The van der Waals surface area contributed by atoms with Gasteiger partial charge in [-0.3, -0.25) is 4.57 Å². The molecule has 5 nitrogen and oxygen atoms in total. The average molecular weight is 324 g/mol. The molecule has 0 bridgehead atoms. The third-order valence-corrected chi connectivity index (χ3v) is 4.26. The molecule has 0 atom stereocenters. The molecule has 0 aliphatic heterocycles. The Morgan fingerprint density at radius 2 is 1.78 bits per heavy atom. The number of hydrogen-bond acceptors (Lipinski definition) is 5. The van der Waals surface area contributed by atoms with E-state index in [1.54, 1.807) is 0 Å². The van der Waals surface area contributed by atoms with Crippen LogP contribution in [0.25, 0.3) is 17.1 Å². The fraction of sp³-hybridized carbons (Fsp3) is 0.118. The van der Waals surface area contributed by atoms with Crippen LogP contribution in [0.3, 0.4) is 0 Å². The number of hydrogen-bond donors (Lipinski definition) is 0. The highest BCUT2D eigenvalue weighted by atomic mass is 32.2. The van der Waals surface area contributed by atoms with Crippen LogP contribution < -0.4 is 5.11 Å². The summed E-state index contributed by atoms with van der Waals surface area (Å²) >= 11 is 1.10. The van der Waals surface area contributed by atoms with Crippen molar-refractivity contribution in [3.63, 3.8) is 0 Å². The number of para-hydroxylation sites is 1. The summed E-state index contributed by atoms with van der Waals surface area (Å²) in [4.78, 5) is 10.8. The normalized spacial score (nSPS) is 10.7. The van der Waals surface area contributed by atoms with Crippen LogP contribution in [0.1, 0.15) is 5.56 Å². The maximum absolute atomic E-state index is 10.8. The number of aromatic nitrogens is 3. The standard InChI is InChI=1S/C17H15N3O2S/c1-12-7-5-6-10-14(12)16-18-19-17(23-11-15(21)22)20(16)13-8-3-2-4-9-13/h2-10H,11H2,1H3,(H,21,22)/p-1. The van der Waals surface area contributed by atoms with E-state index in [2.05, 4.69) is 10.2 Å². The topological polar surface area (TPSA) is 70.8 Å². The Morgan fingerprint density at radius 3 is 2.48 bits per heavy atom. The van der Waals surface area contributed by atoms with E-state index in [0.717, 1.165) is 28.6 Å². The van der Waals surface area contributed by atoms with E-state index in [9.17, 15) is 9.90 Å². The number of carbonyl (C=O) groups excluding carboxylic acids is 1. The number of benzene rings is 2. The van der Waals surface area contributed by atoms with Gasteiger partial charge >= 0.3 is 0 Å². The Hall–Kier alpha value is -2.60. The van der Waals surface area contributed by atoms with Crippen LogP contribution in [0.15, 0.2) is 59.8 Å². The van der Waals surface area contributed by atoms with E-state index < -0.39 is 5.97 Å². The Morgan fingerprint density at radius 1 is 1.09 bits per heavy atom. The van der Waals surface area contributed by atoms with E-state index in [4.69, 9.17) is 0 Å². The molecule has 0 spiro atoms. The molecule has 23 heavy (non-hydrogen) atoms. The summed E-state index contributed by atoms with van der Waals surface area (Å²) in [6, 6.07) is 17.5. The van der Waals surface area contributed by atoms with Crippen molar-refractivity contribution in [2.45, 2.75) is 12.1 Å². The van der Waals surface area contributed by atoms with Gasteiger partial charge in [0.25, 0.3) is 0 Å². The van der Waals surface area contributed by atoms with Crippen molar-refractivity contribution in [2.24, 2.45) is 0 Å². The minimum absolute atomic E-state index is 0.168. The van der Waals surface area contributed by atoms with Crippen LogP contribution in [0.4, 0.5) is 0 Å². The second kappa shape index (κ2) is 6.66. The van der Waals surface area contributed by atoms with Crippen LogP contribution in [0, 0.1) is 6.92 Å². The van der Waals surface area contributed by atoms with Gasteiger partial charge in [-0.15, -0.1) is 10.2 Å². The smallest absolute Gasteiger partial charge is 0.196 e. The lowest BCUT2D eigenvalue weighted by Gasteiger charge is -2.11. The van der Waals surface area contributed by atoms with Crippen molar-refractivity contribution in [1.82, 2.24) is 14.8 Å². The van der Waals surface area contributed by atoms with Crippen LogP contribution in [0.5, 0.6) is 0 Å². The zero-order valence-electron chi connectivity index (χ0n) is 12.5. The van der Waals surface area contributed by atoms with Crippen molar-refractivity contribution in [1.29, 1.82) is 0 Å². The Labute approximate surface area is 138 Å². The lowest BCUT2D eigenvalue weighted by Crippen LogP contribution is -2.24. The maximum atomic E-state index is 10.8. The summed E-state index contributed by atoms with van der Waals surface area (Å²) in [5, 5.41) is 19.7. The number of nitrogens with zero attached hydrogens (tertiary/aromatic N) is 3. The summed E-state index contributed by atoms with van der Waals surface area (Å²) in [5.41, 5.74) is 2.93. The van der Waals surface area contributed by atoms with Gasteiger partial charge in [0.1, 0.15) is 0 Å². The zero-order valence-corrected chi connectivity index (χ0v) is 13.3. The second-order valence-corrected chi connectivity index (χ2v) is 5.90. The van der Waals surface area contributed by atoms with E-state index >= 15 is 0 Å². The molecule has 0 radical (unpaired) electrons. The molecular formula is C17H14N3O2S-. The summed E-state index contributed by atoms with van der Waals surface area (Å²) in [5.74, 6) is -0.608. The fourth-order valence-electron chi connectivity index (χ4n) is 2.29. The largest absolute Gasteiger partial charge is 0.549 e. The molecular weight excluding hydrogens is 310 g/mol. The quantitative estimate of drug-likeness (QED) is 0.672. The van der Waals surface area contributed by atoms with Gasteiger partial charge in [-0.25, -0.2) is 0 Å². The van der Waals surface area contributed by atoms with Gasteiger partial charge in [-0.1, -0.05) is 54.2 Å². The molecule has 0 amide bonds. The average Bonchev–Trinajstić information content (AvgIpc) is 2.98. The van der Waals surface area contributed by atoms with Crippen molar-refractivity contribution >= 4 is 17.7 Å². The predicted octanol–water partition coefficient (Wildman–Crippen LogP) is 2.08. The molecule has 116 valence electrons. The molecule has 2 aromatic carbocycles. The number of rotatable bonds is 5. The monoisotopic (exact) mass is 324 g/mol. The molecule has 0 saturated heterocycles. The summed E-state index contributed by atoms with van der Waals surface area (Å²) in [7, 11) is 0. The number of thioether (sulfide) groups is 1. The first-order valence-electron chi connectivity index (χ1n) is 7.06. The minimum atomic E-state index is -1.13. The minimum Gasteiger partial charge on any atom is -0.549 e. The van der Waals surface area contributed by atoms with Gasteiger partial charge in [0.15, 0.2) is 11.0 Å². The molecule has 0 N–H and O–H groups in total. The third kappa shape index (κ3) is 3.27. The van der Waals surface area contributed by atoms with Crippen molar-refractivity contribution in [3.8, 4) is 17.1 Å². The van der Waals surface area contributed by atoms with Crippen molar-refractivity contribution in [2.75, 3.05) is 5.75 Å². The zero-order chi connectivity index (χ0) is 16.2. The van der Waals surface area contributed by atoms with E-state index in [1.807, 2.05) is 66.1 Å². The molecule has 0 saturated carbocycles. The lowest BCUT2D eigenvalue weighted by atomic mass is 10.1. The van der Waals surface area contributed by atoms with Crippen molar-refractivity contribution in [3.05, 3.63) is 60.2 Å². The first kappa shape index (κ1) is 15.3. The van der Waals surface area contributed by atoms with Crippen LogP contribution >= 0.6 is 11.8 Å². The Balaban J connectivity index is 2.14.